The number of thioether (sulfide) groups is 1. The van der Waals surface area contributed by atoms with Crippen LogP contribution < -0.4 is 5.32 Å². The molecule has 1 heterocycles. The van der Waals surface area contributed by atoms with Crippen LogP contribution in [0, 0.1) is 27.7 Å². The average Bonchev–Trinajstić information content (AvgIpc) is 3.04. The predicted octanol–water partition coefficient (Wildman–Crippen LogP) is 5.00. The summed E-state index contributed by atoms with van der Waals surface area (Å²) in [6.45, 7) is 7.31. The predicted molar refractivity (Wildman–Crippen MR) is 117 cm³/mol. The van der Waals surface area contributed by atoms with Gasteiger partial charge in [-0.2, -0.15) is 0 Å². The normalized spacial score (nSPS) is 10.7. The van der Waals surface area contributed by atoms with E-state index in [9.17, 15) is 9.59 Å². The summed E-state index contributed by atoms with van der Waals surface area (Å²) in [5.41, 5.74) is 5.04. The highest BCUT2D eigenvalue weighted by Crippen LogP contribution is 2.29. The highest BCUT2D eigenvalue weighted by molar-refractivity contribution is 7.98. The van der Waals surface area contributed by atoms with Crippen molar-refractivity contribution in [1.82, 2.24) is 5.16 Å². The van der Waals surface area contributed by atoms with Gasteiger partial charge in [-0.05, 0) is 51.5 Å². The number of aryl methyl sites for hydroxylation is 4. The number of nitrogens with one attached hydrogen (secondary N) is 1. The van der Waals surface area contributed by atoms with Gasteiger partial charge in [0.2, 0.25) is 0 Å². The monoisotopic (exact) mass is 424 g/mol. The Bertz CT molecular complexity index is 1060. The lowest BCUT2D eigenvalue weighted by Gasteiger charge is -2.11. The van der Waals surface area contributed by atoms with Crippen LogP contribution in [0.25, 0.3) is 0 Å². The van der Waals surface area contributed by atoms with Crippen molar-refractivity contribution in [3.63, 3.8) is 0 Å². The number of hydrogen-bond acceptors (Lipinski definition) is 6. The van der Waals surface area contributed by atoms with Crippen LogP contribution in [0.4, 0.5) is 5.69 Å². The van der Waals surface area contributed by atoms with Crippen molar-refractivity contribution in [2.24, 2.45) is 0 Å². The number of aromatic nitrogens is 1. The zero-order valence-electron chi connectivity index (χ0n) is 17.4. The van der Waals surface area contributed by atoms with Crippen molar-refractivity contribution in [3.8, 4) is 0 Å². The third-order valence-corrected chi connectivity index (χ3v) is 5.75. The van der Waals surface area contributed by atoms with Gasteiger partial charge >= 0.3 is 5.97 Å². The Labute approximate surface area is 180 Å². The second-order valence-corrected chi connectivity index (χ2v) is 8.05. The van der Waals surface area contributed by atoms with Gasteiger partial charge in [-0.15, -0.1) is 11.8 Å². The van der Waals surface area contributed by atoms with Crippen molar-refractivity contribution in [1.29, 1.82) is 0 Å². The molecule has 0 atom stereocenters. The van der Waals surface area contributed by atoms with E-state index < -0.39 is 5.97 Å². The molecule has 30 heavy (non-hydrogen) atoms. The SMILES string of the molecule is Cc1ccc(NC(=O)COC(=O)c2ccccc2SCc2c(C)noc2C)c(C)c1. The van der Waals surface area contributed by atoms with Gasteiger partial charge in [0.25, 0.3) is 5.91 Å². The number of benzene rings is 2. The van der Waals surface area contributed by atoms with E-state index in [4.69, 9.17) is 9.26 Å². The van der Waals surface area contributed by atoms with Gasteiger partial charge in [0.15, 0.2) is 6.61 Å². The molecular formula is C23H24N2O4S. The number of anilines is 1. The summed E-state index contributed by atoms with van der Waals surface area (Å²) < 4.78 is 10.4. The molecule has 0 aliphatic rings. The first kappa shape index (κ1) is 21.6. The quantitative estimate of drug-likeness (QED) is 0.425. The minimum Gasteiger partial charge on any atom is -0.452 e. The van der Waals surface area contributed by atoms with Crippen LogP contribution in [0.1, 0.15) is 38.5 Å². The number of carbonyl (C=O) groups is 2. The Balaban J connectivity index is 1.61. The molecule has 0 spiro atoms. The second-order valence-electron chi connectivity index (χ2n) is 7.03. The number of carbonyl (C=O) groups excluding carboxylic acids is 2. The number of rotatable bonds is 7. The van der Waals surface area contributed by atoms with Crippen LogP contribution in [0.3, 0.4) is 0 Å². The molecule has 6 nitrogen and oxygen atoms in total. The number of ether oxygens (including phenoxy) is 1. The van der Waals surface area contributed by atoms with Gasteiger partial charge < -0.3 is 14.6 Å². The molecule has 0 radical (unpaired) electrons. The third-order valence-electron chi connectivity index (χ3n) is 4.65. The topological polar surface area (TPSA) is 81.4 Å². The minimum atomic E-state index is -0.535. The molecule has 3 rings (SSSR count). The summed E-state index contributed by atoms with van der Waals surface area (Å²) in [5.74, 6) is 0.477. The lowest BCUT2D eigenvalue weighted by Crippen LogP contribution is -2.21. The van der Waals surface area contributed by atoms with E-state index in [0.29, 0.717) is 17.0 Å². The Morgan fingerprint density at radius 1 is 1.10 bits per heavy atom. The van der Waals surface area contributed by atoms with E-state index in [1.807, 2.05) is 58.0 Å². The Morgan fingerprint density at radius 3 is 2.57 bits per heavy atom. The molecule has 1 N–H and O–H groups in total. The highest BCUT2D eigenvalue weighted by Gasteiger charge is 2.17. The van der Waals surface area contributed by atoms with Gasteiger partial charge in [-0.25, -0.2) is 4.79 Å². The number of nitrogens with zero attached hydrogens (tertiary/aromatic N) is 1. The van der Waals surface area contributed by atoms with Crippen molar-refractivity contribution in [2.75, 3.05) is 11.9 Å². The molecule has 0 aliphatic heterocycles. The van der Waals surface area contributed by atoms with E-state index in [1.54, 1.807) is 12.1 Å². The molecule has 1 amide bonds. The molecule has 0 saturated carbocycles. The van der Waals surface area contributed by atoms with Crippen LogP contribution in [0.5, 0.6) is 0 Å². The lowest BCUT2D eigenvalue weighted by molar-refractivity contribution is -0.119. The fraction of sp³-hybridized carbons (Fsp3) is 0.261. The van der Waals surface area contributed by atoms with E-state index in [2.05, 4.69) is 10.5 Å². The first-order chi connectivity index (χ1) is 14.3. The highest BCUT2D eigenvalue weighted by atomic mass is 32.2. The van der Waals surface area contributed by atoms with E-state index in [1.165, 1.54) is 11.8 Å². The fourth-order valence-electron chi connectivity index (χ4n) is 2.97. The second kappa shape index (κ2) is 9.63. The van der Waals surface area contributed by atoms with Gasteiger partial charge in [-0.1, -0.05) is 35.0 Å². The molecular weight excluding hydrogens is 400 g/mol. The molecule has 0 fully saturated rings. The molecule has 3 aromatic rings. The lowest BCUT2D eigenvalue weighted by atomic mass is 10.1. The maximum absolute atomic E-state index is 12.6. The zero-order valence-corrected chi connectivity index (χ0v) is 18.3. The van der Waals surface area contributed by atoms with Gasteiger partial charge in [0.1, 0.15) is 5.76 Å². The standard InChI is InChI=1S/C23H24N2O4S/c1-14-9-10-20(15(2)11-14)24-22(26)12-28-23(27)18-7-5-6-8-21(18)30-13-19-16(3)25-29-17(19)4/h5-11H,12-13H2,1-4H3,(H,24,26). The third kappa shape index (κ3) is 5.30. The van der Waals surface area contributed by atoms with Gasteiger partial charge in [0.05, 0.1) is 11.3 Å². The summed E-state index contributed by atoms with van der Waals surface area (Å²) in [6.07, 6.45) is 0. The maximum Gasteiger partial charge on any atom is 0.339 e. The van der Waals surface area contributed by atoms with Crippen LogP contribution >= 0.6 is 11.8 Å². The average molecular weight is 425 g/mol. The summed E-state index contributed by atoms with van der Waals surface area (Å²) in [4.78, 5) is 25.6. The number of amides is 1. The fourth-order valence-corrected chi connectivity index (χ4v) is 4.16. The molecule has 0 saturated heterocycles. The number of esters is 1. The molecule has 0 unspecified atom stereocenters. The maximum atomic E-state index is 12.6. The van der Waals surface area contributed by atoms with Crippen LogP contribution in [0.2, 0.25) is 0 Å². The van der Waals surface area contributed by atoms with Crippen molar-refractivity contribution < 1.29 is 18.8 Å². The first-order valence-electron chi connectivity index (χ1n) is 9.53. The van der Waals surface area contributed by atoms with Crippen molar-refractivity contribution in [3.05, 3.63) is 76.2 Å². The zero-order chi connectivity index (χ0) is 21.7. The Hall–Kier alpha value is -3.06. The van der Waals surface area contributed by atoms with E-state index >= 15 is 0 Å². The number of hydrogen-bond donors (Lipinski definition) is 1. The first-order valence-corrected chi connectivity index (χ1v) is 10.5. The van der Waals surface area contributed by atoms with E-state index in [0.717, 1.165) is 33.0 Å². The van der Waals surface area contributed by atoms with Crippen LogP contribution in [-0.2, 0) is 15.3 Å². The molecule has 156 valence electrons. The van der Waals surface area contributed by atoms with Crippen LogP contribution in [0.15, 0.2) is 51.9 Å². The van der Waals surface area contributed by atoms with Crippen molar-refractivity contribution >= 4 is 29.3 Å². The summed E-state index contributed by atoms with van der Waals surface area (Å²) in [5, 5.41) is 6.73. The summed E-state index contributed by atoms with van der Waals surface area (Å²) >= 11 is 1.50. The van der Waals surface area contributed by atoms with Crippen LogP contribution in [-0.4, -0.2) is 23.6 Å². The smallest absolute Gasteiger partial charge is 0.339 e. The molecule has 7 heteroatoms. The Kier molecular flexibility index (Phi) is 6.95. The molecule has 0 bridgehead atoms. The minimum absolute atomic E-state index is 0.352. The summed E-state index contributed by atoms with van der Waals surface area (Å²) in [7, 11) is 0. The van der Waals surface area contributed by atoms with E-state index in [-0.39, 0.29) is 12.5 Å². The molecule has 1 aromatic heterocycles. The summed E-state index contributed by atoms with van der Waals surface area (Å²) in [6, 6.07) is 12.9. The Morgan fingerprint density at radius 2 is 1.87 bits per heavy atom. The van der Waals surface area contributed by atoms with Gasteiger partial charge in [0, 0.05) is 21.9 Å². The largest absolute Gasteiger partial charge is 0.452 e. The van der Waals surface area contributed by atoms with Crippen molar-refractivity contribution in [2.45, 2.75) is 38.3 Å². The molecule has 2 aromatic carbocycles. The van der Waals surface area contributed by atoms with Gasteiger partial charge in [-0.3, -0.25) is 4.79 Å². The molecule has 0 aliphatic carbocycles.